The fraction of sp³-hybridized carbons (Fsp3) is 0.562. The third-order valence-electron chi connectivity index (χ3n) is 4.57. The van der Waals surface area contributed by atoms with E-state index in [2.05, 4.69) is 4.18 Å². The molecule has 1 aliphatic heterocycles. The van der Waals surface area contributed by atoms with Gasteiger partial charge in [-0.15, -0.1) is 0 Å². The van der Waals surface area contributed by atoms with E-state index in [0.717, 1.165) is 24.0 Å². The van der Waals surface area contributed by atoms with Gasteiger partial charge in [0, 0.05) is 18.5 Å². The SMILES string of the molecule is CCOC(=O)CN1Cc2ccc(OS(=O)(=O)C(F)(F)F)cc2C2(CC2)C1. The molecule has 1 heterocycles. The van der Waals surface area contributed by atoms with Crippen LogP contribution in [0.25, 0.3) is 0 Å². The standard InChI is InChI=1S/C16H18F3NO5S/c1-2-24-14(21)9-20-8-11-3-4-12(25-26(22,23)16(17,18)19)7-13(11)15(10-20)5-6-15/h3-4,7H,2,5-6,8-10H2,1H3. The average Bonchev–Trinajstić information content (AvgIpc) is 3.27. The van der Waals surface area contributed by atoms with Gasteiger partial charge < -0.3 is 8.92 Å². The summed E-state index contributed by atoms with van der Waals surface area (Å²) in [6.07, 6.45) is 1.63. The third kappa shape index (κ3) is 3.66. The minimum absolute atomic E-state index is 0.135. The first-order chi connectivity index (χ1) is 12.1. The van der Waals surface area contributed by atoms with Crippen molar-refractivity contribution < 1.29 is 35.3 Å². The molecule has 0 aromatic heterocycles. The Morgan fingerprint density at radius 2 is 2.00 bits per heavy atom. The molecule has 6 nitrogen and oxygen atoms in total. The Morgan fingerprint density at radius 1 is 1.31 bits per heavy atom. The number of hydrogen-bond acceptors (Lipinski definition) is 6. The van der Waals surface area contributed by atoms with Crippen molar-refractivity contribution >= 4 is 16.1 Å². The van der Waals surface area contributed by atoms with Crippen LogP contribution in [0.15, 0.2) is 18.2 Å². The molecule has 1 saturated carbocycles. The van der Waals surface area contributed by atoms with E-state index in [-0.39, 0.29) is 23.7 Å². The van der Waals surface area contributed by atoms with Gasteiger partial charge >= 0.3 is 21.6 Å². The summed E-state index contributed by atoms with van der Waals surface area (Å²) in [5.74, 6) is -0.686. The topological polar surface area (TPSA) is 72.9 Å². The van der Waals surface area contributed by atoms with Crippen LogP contribution in [-0.4, -0.2) is 44.5 Å². The highest BCUT2D eigenvalue weighted by atomic mass is 32.2. The summed E-state index contributed by atoms with van der Waals surface area (Å²) in [5, 5.41) is 0. The highest BCUT2D eigenvalue weighted by Gasteiger charge is 2.51. The lowest BCUT2D eigenvalue weighted by Gasteiger charge is -2.34. The number of carbonyl (C=O) groups excluding carboxylic acids is 1. The quantitative estimate of drug-likeness (QED) is 0.434. The molecule has 144 valence electrons. The highest BCUT2D eigenvalue weighted by Crippen LogP contribution is 2.53. The molecule has 0 atom stereocenters. The smallest absolute Gasteiger partial charge is 0.465 e. The van der Waals surface area contributed by atoms with Gasteiger partial charge in [-0.05, 0) is 43.0 Å². The molecule has 1 fully saturated rings. The molecule has 1 aromatic carbocycles. The molecule has 1 spiro atoms. The van der Waals surface area contributed by atoms with Crippen molar-refractivity contribution in [3.63, 3.8) is 0 Å². The van der Waals surface area contributed by atoms with Gasteiger partial charge in [-0.25, -0.2) is 0 Å². The lowest BCUT2D eigenvalue weighted by atomic mass is 9.87. The monoisotopic (exact) mass is 393 g/mol. The van der Waals surface area contributed by atoms with Crippen LogP contribution in [-0.2, 0) is 31.6 Å². The van der Waals surface area contributed by atoms with E-state index in [9.17, 15) is 26.4 Å². The summed E-state index contributed by atoms with van der Waals surface area (Å²) in [6, 6.07) is 4.12. The Labute approximate surface area is 149 Å². The fourth-order valence-corrected chi connectivity index (χ4v) is 3.75. The highest BCUT2D eigenvalue weighted by molar-refractivity contribution is 7.88. The summed E-state index contributed by atoms with van der Waals surface area (Å²) in [4.78, 5) is 13.6. The van der Waals surface area contributed by atoms with Crippen LogP contribution in [0.1, 0.15) is 30.9 Å². The largest absolute Gasteiger partial charge is 0.534 e. The summed E-state index contributed by atoms with van der Waals surface area (Å²) in [7, 11) is -5.70. The number of halogens is 3. The molecule has 0 unspecified atom stereocenters. The molecule has 0 radical (unpaired) electrons. The maximum Gasteiger partial charge on any atom is 0.534 e. The van der Waals surface area contributed by atoms with Crippen LogP contribution in [0.2, 0.25) is 0 Å². The van der Waals surface area contributed by atoms with Gasteiger partial charge in [0.05, 0.1) is 13.2 Å². The molecule has 3 rings (SSSR count). The number of nitrogens with zero attached hydrogens (tertiary/aromatic N) is 1. The Hall–Kier alpha value is -1.81. The van der Waals surface area contributed by atoms with Gasteiger partial charge in [0.2, 0.25) is 0 Å². The summed E-state index contributed by atoms with van der Waals surface area (Å²) in [6.45, 7) is 3.15. The van der Waals surface area contributed by atoms with Crippen LogP contribution < -0.4 is 4.18 Å². The molecule has 0 saturated heterocycles. The molecule has 0 bridgehead atoms. The second-order valence-electron chi connectivity index (χ2n) is 6.53. The molecule has 1 aromatic rings. The molecule has 2 aliphatic rings. The van der Waals surface area contributed by atoms with Gasteiger partial charge in [-0.2, -0.15) is 21.6 Å². The lowest BCUT2D eigenvalue weighted by molar-refractivity contribution is -0.144. The maximum absolute atomic E-state index is 12.5. The molecule has 26 heavy (non-hydrogen) atoms. The molecular formula is C16H18F3NO5S. The van der Waals surface area contributed by atoms with Gasteiger partial charge in [0.15, 0.2) is 0 Å². The van der Waals surface area contributed by atoms with Gasteiger partial charge in [0.25, 0.3) is 0 Å². The Bertz CT molecular complexity index is 818. The Kier molecular flexibility index (Phi) is 4.68. The number of ether oxygens (including phenoxy) is 1. The number of fused-ring (bicyclic) bond motifs is 2. The van der Waals surface area contributed by atoms with Crippen molar-refractivity contribution in [1.29, 1.82) is 0 Å². The fourth-order valence-electron chi connectivity index (χ4n) is 3.30. The first-order valence-corrected chi connectivity index (χ1v) is 9.49. The van der Waals surface area contributed by atoms with Crippen molar-refractivity contribution in [3.8, 4) is 5.75 Å². The van der Waals surface area contributed by atoms with Crippen molar-refractivity contribution in [1.82, 2.24) is 4.90 Å². The van der Waals surface area contributed by atoms with Crippen LogP contribution in [0.3, 0.4) is 0 Å². The number of carbonyl (C=O) groups is 1. The minimum Gasteiger partial charge on any atom is -0.465 e. The predicted octanol–water partition coefficient (Wildman–Crippen LogP) is 2.33. The van der Waals surface area contributed by atoms with Crippen molar-refractivity contribution in [3.05, 3.63) is 29.3 Å². The molecule has 0 amide bonds. The van der Waals surface area contributed by atoms with E-state index in [0.29, 0.717) is 19.7 Å². The van der Waals surface area contributed by atoms with Crippen LogP contribution >= 0.6 is 0 Å². The predicted molar refractivity (Wildman–Crippen MR) is 84.9 cm³/mol. The maximum atomic E-state index is 12.5. The van der Waals surface area contributed by atoms with E-state index in [4.69, 9.17) is 4.74 Å². The van der Waals surface area contributed by atoms with Crippen LogP contribution in [0, 0.1) is 0 Å². The number of hydrogen-bond donors (Lipinski definition) is 0. The summed E-state index contributed by atoms with van der Waals surface area (Å²) in [5.41, 5.74) is -4.12. The van der Waals surface area contributed by atoms with Crippen molar-refractivity contribution in [2.75, 3.05) is 19.7 Å². The van der Waals surface area contributed by atoms with E-state index in [1.165, 1.54) is 12.1 Å². The first-order valence-electron chi connectivity index (χ1n) is 8.08. The zero-order valence-corrected chi connectivity index (χ0v) is 14.8. The zero-order chi connectivity index (χ0) is 19.2. The van der Waals surface area contributed by atoms with E-state index < -0.39 is 15.6 Å². The average molecular weight is 393 g/mol. The molecule has 10 heteroatoms. The van der Waals surface area contributed by atoms with E-state index in [1.54, 1.807) is 13.0 Å². The Morgan fingerprint density at radius 3 is 2.58 bits per heavy atom. The minimum atomic E-state index is -5.70. The van der Waals surface area contributed by atoms with Gasteiger partial charge in [0.1, 0.15) is 5.75 Å². The number of rotatable bonds is 5. The summed E-state index contributed by atoms with van der Waals surface area (Å²) >= 11 is 0. The van der Waals surface area contributed by atoms with E-state index >= 15 is 0 Å². The number of benzene rings is 1. The molecule has 0 N–H and O–H groups in total. The lowest BCUT2D eigenvalue weighted by Crippen LogP contribution is -2.41. The molecule has 1 aliphatic carbocycles. The first kappa shape index (κ1) is 19.0. The second kappa shape index (κ2) is 6.41. The van der Waals surface area contributed by atoms with E-state index in [1.807, 2.05) is 4.90 Å². The second-order valence-corrected chi connectivity index (χ2v) is 8.07. The van der Waals surface area contributed by atoms with Gasteiger partial charge in [-0.3, -0.25) is 9.69 Å². The normalized spacial score (nSPS) is 19.1. The zero-order valence-electron chi connectivity index (χ0n) is 14.0. The van der Waals surface area contributed by atoms with Crippen molar-refractivity contribution in [2.45, 2.75) is 37.2 Å². The third-order valence-corrected chi connectivity index (χ3v) is 5.55. The summed E-state index contributed by atoms with van der Waals surface area (Å²) < 4.78 is 69.1. The van der Waals surface area contributed by atoms with Crippen LogP contribution in [0.4, 0.5) is 13.2 Å². The van der Waals surface area contributed by atoms with Crippen molar-refractivity contribution in [2.24, 2.45) is 0 Å². The molecular weight excluding hydrogens is 375 g/mol. The number of esters is 1. The van der Waals surface area contributed by atoms with Crippen LogP contribution in [0.5, 0.6) is 5.75 Å². The Balaban J connectivity index is 1.82. The van der Waals surface area contributed by atoms with Gasteiger partial charge in [-0.1, -0.05) is 6.07 Å². The number of alkyl halides is 3.